The van der Waals surface area contributed by atoms with Crippen molar-refractivity contribution in [3.63, 3.8) is 0 Å². The molecule has 6 atom stereocenters. The van der Waals surface area contributed by atoms with Crippen molar-refractivity contribution in [3.05, 3.63) is 0 Å². The molecule has 19 heteroatoms. The molecule has 6 unspecified atom stereocenters. The Morgan fingerprint density at radius 3 is 1.30 bits per heavy atom. The van der Waals surface area contributed by atoms with Crippen LogP contribution in [-0.2, 0) is 28.8 Å². The average Bonchev–Trinajstić information content (AvgIpc) is 2.98. The van der Waals surface area contributed by atoms with E-state index < -0.39 is 66.0 Å². The quantitative estimate of drug-likeness (QED) is 0.0734. The van der Waals surface area contributed by atoms with Crippen molar-refractivity contribution in [3.8, 4) is 0 Å². The molecule has 0 saturated heterocycles. The molecule has 0 fully saturated rings. The van der Waals surface area contributed by atoms with Gasteiger partial charge in [-0.05, 0) is 62.5 Å². The highest BCUT2D eigenvalue weighted by molar-refractivity contribution is 7.98. The summed E-state index contributed by atoms with van der Waals surface area (Å²) in [6.45, 7) is 8.25. The lowest BCUT2D eigenvalue weighted by Crippen LogP contribution is -2.36. The van der Waals surface area contributed by atoms with Crippen LogP contribution in [0.3, 0.4) is 0 Å². The van der Waals surface area contributed by atoms with Gasteiger partial charge in [0.25, 0.3) is 0 Å². The van der Waals surface area contributed by atoms with Crippen molar-refractivity contribution >= 4 is 47.5 Å². The average molecular weight is 704 g/mol. The summed E-state index contributed by atoms with van der Waals surface area (Å²) >= 11 is 1.60. The van der Waals surface area contributed by atoms with Gasteiger partial charge in [-0.2, -0.15) is 11.8 Å². The third-order valence-corrected chi connectivity index (χ3v) is 6.48. The molecule has 0 aliphatic carbocycles. The van der Waals surface area contributed by atoms with E-state index in [9.17, 15) is 28.8 Å². The number of carbonyl (C=O) groups excluding carboxylic acids is 1. The van der Waals surface area contributed by atoms with Crippen molar-refractivity contribution in [1.29, 1.82) is 0 Å². The maximum absolute atomic E-state index is 10.2. The molecule has 280 valence electrons. The second-order valence-corrected chi connectivity index (χ2v) is 11.7. The minimum Gasteiger partial charge on any atom is -0.480 e. The van der Waals surface area contributed by atoms with Crippen molar-refractivity contribution in [2.45, 2.75) is 109 Å². The number of primary amides is 1. The van der Waals surface area contributed by atoms with Crippen molar-refractivity contribution in [1.82, 2.24) is 0 Å². The van der Waals surface area contributed by atoms with Gasteiger partial charge in [0.15, 0.2) is 0 Å². The van der Waals surface area contributed by atoms with Gasteiger partial charge in [-0.15, -0.1) is 0 Å². The van der Waals surface area contributed by atoms with Gasteiger partial charge in [-0.3, -0.25) is 28.8 Å². The van der Waals surface area contributed by atoms with Crippen LogP contribution in [0.25, 0.3) is 0 Å². The van der Waals surface area contributed by atoms with Crippen LogP contribution in [-0.4, -0.2) is 110 Å². The molecule has 0 aliphatic rings. The first-order valence-corrected chi connectivity index (χ1v) is 16.3. The highest BCUT2D eigenvalue weighted by Crippen LogP contribution is 2.04. The summed E-state index contributed by atoms with van der Waals surface area (Å²) in [5, 5.41) is 41.5. The number of rotatable bonds is 19. The fourth-order valence-electron chi connectivity index (χ4n) is 2.53. The lowest BCUT2D eigenvalue weighted by Gasteiger charge is -2.11. The van der Waals surface area contributed by atoms with Gasteiger partial charge >= 0.3 is 29.8 Å². The van der Waals surface area contributed by atoms with Crippen LogP contribution in [0, 0.1) is 11.8 Å². The molecular formula is C28H61N7O11S. The molecule has 47 heavy (non-hydrogen) atoms. The van der Waals surface area contributed by atoms with Gasteiger partial charge in [-0.25, -0.2) is 0 Å². The summed E-state index contributed by atoms with van der Waals surface area (Å²) < 4.78 is 0. The summed E-state index contributed by atoms with van der Waals surface area (Å²) in [4.78, 5) is 60.6. The predicted octanol–water partition coefficient (Wildman–Crippen LogP) is -0.769. The number of carboxylic acids is 5. The molecule has 0 rings (SSSR count). The molecule has 19 N–H and O–H groups in total. The largest absolute Gasteiger partial charge is 0.480 e. The van der Waals surface area contributed by atoms with Gasteiger partial charge in [0.05, 0.1) is 0 Å². The zero-order valence-corrected chi connectivity index (χ0v) is 29.1. The highest BCUT2D eigenvalue weighted by atomic mass is 32.2. The molecule has 18 nitrogen and oxygen atoms in total. The van der Waals surface area contributed by atoms with E-state index in [2.05, 4.69) is 0 Å². The van der Waals surface area contributed by atoms with Gasteiger partial charge in [0.2, 0.25) is 5.91 Å². The molecule has 0 saturated carbocycles. The van der Waals surface area contributed by atoms with Crippen LogP contribution in [0.1, 0.15) is 79.1 Å². The first-order chi connectivity index (χ1) is 21.5. The number of carbonyl (C=O) groups is 6. The molecule has 0 radical (unpaired) electrons. The van der Waals surface area contributed by atoms with E-state index in [1.165, 1.54) is 0 Å². The Labute approximate surface area is 281 Å². The van der Waals surface area contributed by atoms with Crippen molar-refractivity contribution in [2.75, 3.05) is 18.6 Å². The van der Waals surface area contributed by atoms with Gasteiger partial charge < -0.3 is 65.7 Å². The molecule has 0 aromatic carbocycles. The van der Waals surface area contributed by atoms with E-state index in [4.69, 9.17) is 65.7 Å². The number of unbranched alkanes of at least 4 members (excludes halogenated alkanes) is 1. The number of hydrogen-bond donors (Lipinski definition) is 12. The monoisotopic (exact) mass is 703 g/mol. The Balaban J connectivity index is -0.000000157. The topological polar surface area (TPSA) is 386 Å². The zero-order chi connectivity index (χ0) is 38.3. The summed E-state index contributed by atoms with van der Waals surface area (Å²) in [7, 11) is 0. The standard InChI is InChI=1S/C6H14N2O2.2C6H13NO2.C5H10N2O3.C5H11NO2S/c7-4-2-1-3-5(8)6(9)10;1-4(2)3-5(7)6(8)9;1-3-4(2)5(7)6(8)9;6-3(5(9)10)1-2-4(7)8;1-9-3-2-4(6)5(7)8/h5H,1-4,7-8H2,(H,9,10);2*4-5H,3,7H2,1-2H3,(H,8,9);3H,1-2,6H2,(H2,7,8)(H,9,10);4H,2-3,6H2,1H3,(H,7,8). The first kappa shape index (κ1) is 53.4. The van der Waals surface area contributed by atoms with Crippen LogP contribution in [0.5, 0.6) is 0 Å². The Hall–Kier alpha value is -3.07. The number of amides is 1. The van der Waals surface area contributed by atoms with Crippen LogP contribution < -0.4 is 40.1 Å². The fourth-order valence-corrected chi connectivity index (χ4v) is 3.02. The third-order valence-electron chi connectivity index (χ3n) is 5.84. The zero-order valence-electron chi connectivity index (χ0n) is 28.2. The van der Waals surface area contributed by atoms with E-state index in [1.807, 2.05) is 34.0 Å². The molecule has 0 spiro atoms. The minimum absolute atomic E-state index is 0.0213. The SMILES string of the molecule is CC(C)CC(N)C(=O)O.CCC(C)C(N)C(=O)O.CSCCC(N)C(=O)O.NC(=O)CCC(N)C(=O)O.NCCCCC(N)C(=O)O. The van der Waals surface area contributed by atoms with Gasteiger partial charge in [0, 0.05) is 6.42 Å². The van der Waals surface area contributed by atoms with Crippen molar-refractivity contribution < 1.29 is 54.3 Å². The summed E-state index contributed by atoms with van der Waals surface area (Å²) in [5.41, 5.74) is 35.9. The number of hydrogen-bond acceptors (Lipinski definition) is 13. The molecule has 1 amide bonds. The van der Waals surface area contributed by atoms with Gasteiger partial charge in [0.1, 0.15) is 30.2 Å². The Kier molecular flexibility index (Phi) is 39.0. The highest BCUT2D eigenvalue weighted by Gasteiger charge is 2.17. The van der Waals surface area contributed by atoms with E-state index in [0.717, 1.165) is 25.0 Å². The summed E-state index contributed by atoms with van der Waals surface area (Å²) in [6, 6.07) is -3.77. The molecule has 0 heterocycles. The lowest BCUT2D eigenvalue weighted by atomic mass is 10.0. The molecule has 0 bridgehead atoms. The Bertz CT molecular complexity index is 871. The number of aliphatic carboxylic acids is 5. The smallest absolute Gasteiger partial charge is 0.320 e. The number of carboxylic acid groups (broad SMARTS) is 5. The van der Waals surface area contributed by atoms with Crippen LogP contribution >= 0.6 is 11.8 Å². The van der Waals surface area contributed by atoms with Gasteiger partial charge in [-0.1, -0.05) is 40.5 Å². The lowest BCUT2D eigenvalue weighted by molar-refractivity contribution is -0.140. The molecule has 0 aliphatic heterocycles. The van der Waals surface area contributed by atoms with Crippen LogP contribution in [0.15, 0.2) is 0 Å². The second kappa shape index (κ2) is 34.3. The van der Waals surface area contributed by atoms with E-state index in [0.29, 0.717) is 31.7 Å². The first-order valence-electron chi connectivity index (χ1n) is 14.9. The second-order valence-electron chi connectivity index (χ2n) is 10.7. The summed E-state index contributed by atoms with van der Waals surface area (Å²) in [6.07, 6.45) is 6.13. The van der Waals surface area contributed by atoms with Crippen LogP contribution in [0.2, 0.25) is 0 Å². The number of nitrogens with two attached hydrogens (primary N) is 7. The molecule has 0 aromatic heterocycles. The fraction of sp³-hybridized carbons (Fsp3) is 0.786. The Morgan fingerprint density at radius 2 is 1.04 bits per heavy atom. The summed E-state index contributed by atoms with van der Waals surface area (Å²) in [5.74, 6) is -4.07. The number of thioether (sulfide) groups is 1. The van der Waals surface area contributed by atoms with E-state index >= 15 is 0 Å². The predicted molar refractivity (Wildman–Crippen MR) is 181 cm³/mol. The van der Waals surface area contributed by atoms with E-state index in [-0.39, 0.29) is 18.8 Å². The van der Waals surface area contributed by atoms with Crippen LogP contribution in [0.4, 0.5) is 0 Å². The maximum Gasteiger partial charge on any atom is 0.320 e. The molecular weight excluding hydrogens is 642 g/mol. The minimum atomic E-state index is -1.11. The normalized spacial score (nSPS) is 13.8. The van der Waals surface area contributed by atoms with Crippen molar-refractivity contribution in [2.24, 2.45) is 52.0 Å². The third kappa shape index (κ3) is 42.9. The maximum atomic E-state index is 10.2. The Morgan fingerprint density at radius 1 is 0.638 bits per heavy atom. The van der Waals surface area contributed by atoms with E-state index in [1.54, 1.807) is 11.8 Å². The molecule has 0 aromatic rings.